The van der Waals surface area contributed by atoms with Crippen LogP contribution in [0.1, 0.15) is 58.4 Å². The lowest BCUT2D eigenvalue weighted by atomic mass is 9.81. The molecule has 0 radical (unpaired) electrons. The highest BCUT2D eigenvalue weighted by molar-refractivity contribution is 6.10. The average Bonchev–Trinajstić information content (AvgIpc) is 3.96. The molecule has 0 fully saturated rings. The van der Waals surface area contributed by atoms with Gasteiger partial charge in [-0.05, 0) is 242 Å². The van der Waals surface area contributed by atoms with E-state index in [1.54, 1.807) is 0 Å². The van der Waals surface area contributed by atoms with Crippen molar-refractivity contribution in [2.75, 3.05) is 19.6 Å². The van der Waals surface area contributed by atoms with Gasteiger partial charge in [-0.3, -0.25) is 0 Å². The smallest absolute Gasteiger partial charge is 0.0543 e. The Morgan fingerprint density at radius 2 is 0.545 bits per heavy atom. The van der Waals surface area contributed by atoms with Crippen molar-refractivity contribution in [3.8, 4) is 11.1 Å². The van der Waals surface area contributed by atoms with Crippen LogP contribution in [0.4, 0.5) is 68.2 Å². The first-order chi connectivity index (χ1) is 37.4. The number of hydrogen-bond donors (Lipinski definition) is 0. The second kappa shape index (κ2) is 19.9. The number of aryl methyl sites for hydroxylation is 6. The van der Waals surface area contributed by atoms with Crippen molar-refractivity contribution in [3.05, 3.63) is 287 Å². The molecular formula is C73H64N4. The van der Waals surface area contributed by atoms with Crippen LogP contribution in [0.15, 0.2) is 243 Å². The molecule has 376 valence electrons. The standard InChI is InChI=1S/C73H64N4/c1-49-17-11-23-59(41-49)74(60-24-12-18-50(2)42-60)55-31-33-57(34-32-55)76(63-27-15-21-53(5)45-63)65-39-40-68-69(47-65)73(7,8)70-48-71(66-29-9-10-30-67(66)72(68)70)77(64-28-16-22-54(6)46-64)58-37-35-56(36-38-58)75(61-25-13-19-51(3)43-61)62-26-14-20-52(4)44-62/h9-48H,1-8H3. The molecule has 12 rings (SSSR count). The number of rotatable bonds is 12. The van der Waals surface area contributed by atoms with Crippen molar-refractivity contribution >= 4 is 79.0 Å². The highest BCUT2D eigenvalue weighted by Gasteiger charge is 2.39. The highest BCUT2D eigenvalue weighted by atomic mass is 15.2. The molecule has 0 heterocycles. The second-order valence-corrected chi connectivity index (χ2v) is 21.6. The number of hydrogen-bond acceptors (Lipinski definition) is 4. The second-order valence-electron chi connectivity index (χ2n) is 21.6. The zero-order valence-corrected chi connectivity index (χ0v) is 45.4. The third kappa shape index (κ3) is 9.21. The SMILES string of the molecule is Cc1cccc(N(c2ccc(N(c3cccc(C)c3)c3ccc4c(c3)C(C)(C)c3cc(N(c5ccc(N(c6cccc(C)c6)c6cccc(C)c6)cc5)c5cccc(C)c5)c5ccccc5c3-4)cc2)c2cccc(C)c2)c1. The summed E-state index contributed by atoms with van der Waals surface area (Å²) in [6.07, 6.45) is 0. The van der Waals surface area contributed by atoms with E-state index in [2.05, 4.69) is 318 Å². The van der Waals surface area contributed by atoms with Crippen LogP contribution in [0.3, 0.4) is 0 Å². The molecule has 4 nitrogen and oxygen atoms in total. The lowest BCUT2D eigenvalue weighted by Crippen LogP contribution is -2.18. The molecule has 0 spiro atoms. The molecule has 0 atom stereocenters. The van der Waals surface area contributed by atoms with E-state index >= 15 is 0 Å². The molecule has 0 unspecified atom stereocenters. The fourth-order valence-corrected chi connectivity index (χ4v) is 11.7. The van der Waals surface area contributed by atoms with Gasteiger partial charge in [-0.1, -0.05) is 117 Å². The molecule has 4 heteroatoms. The Bertz CT molecular complexity index is 3910. The van der Waals surface area contributed by atoms with Crippen molar-refractivity contribution in [2.45, 2.75) is 60.8 Å². The quantitative estimate of drug-likeness (QED) is 0.121. The lowest BCUT2D eigenvalue weighted by Gasteiger charge is -2.31. The Morgan fingerprint density at radius 1 is 0.247 bits per heavy atom. The maximum absolute atomic E-state index is 2.49. The van der Waals surface area contributed by atoms with Gasteiger partial charge in [0.15, 0.2) is 0 Å². The third-order valence-electron chi connectivity index (χ3n) is 15.4. The van der Waals surface area contributed by atoms with E-state index < -0.39 is 0 Å². The summed E-state index contributed by atoms with van der Waals surface area (Å²) in [5, 5.41) is 2.45. The third-order valence-corrected chi connectivity index (χ3v) is 15.4. The Balaban J connectivity index is 0.969. The molecule has 0 aromatic heterocycles. The maximum atomic E-state index is 2.49. The summed E-state index contributed by atoms with van der Waals surface area (Å²) in [6, 6.07) is 89.7. The Hall–Kier alpha value is -9.12. The summed E-state index contributed by atoms with van der Waals surface area (Å²) in [7, 11) is 0. The molecule has 0 N–H and O–H groups in total. The summed E-state index contributed by atoms with van der Waals surface area (Å²) in [5.74, 6) is 0. The van der Waals surface area contributed by atoms with E-state index in [9.17, 15) is 0 Å². The average molecular weight is 997 g/mol. The van der Waals surface area contributed by atoms with Gasteiger partial charge in [-0.2, -0.15) is 0 Å². The number of benzene rings is 11. The molecule has 0 saturated heterocycles. The topological polar surface area (TPSA) is 13.0 Å². The van der Waals surface area contributed by atoms with E-state index in [1.807, 2.05) is 0 Å². The van der Waals surface area contributed by atoms with Crippen LogP contribution in [-0.4, -0.2) is 0 Å². The van der Waals surface area contributed by atoms with Crippen molar-refractivity contribution in [2.24, 2.45) is 0 Å². The molecular weight excluding hydrogens is 933 g/mol. The summed E-state index contributed by atoms with van der Waals surface area (Å²) in [6.45, 7) is 17.8. The Kier molecular flexibility index (Phi) is 12.6. The van der Waals surface area contributed by atoms with Crippen molar-refractivity contribution in [1.29, 1.82) is 0 Å². The summed E-state index contributed by atoms with van der Waals surface area (Å²) >= 11 is 0. The van der Waals surface area contributed by atoms with Crippen LogP contribution >= 0.6 is 0 Å². The van der Waals surface area contributed by atoms with Gasteiger partial charge < -0.3 is 19.6 Å². The van der Waals surface area contributed by atoms with Crippen LogP contribution in [-0.2, 0) is 5.41 Å². The van der Waals surface area contributed by atoms with Gasteiger partial charge in [0.05, 0.1) is 5.69 Å². The first kappa shape index (κ1) is 48.8. The van der Waals surface area contributed by atoms with Crippen molar-refractivity contribution in [1.82, 2.24) is 0 Å². The predicted octanol–water partition coefficient (Wildman–Crippen LogP) is 20.9. The molecule has 0 amide bonds. The van der Waals surface area contributed by atoms with Gasteiger partial charge in [0.1, 0.15) is 0 Å². The maximum Gasteiger partial charge on any atom is 0.0543 e. The minimum Gasteiger partial charge on any atom is -0.310 e. The normalized spacial score (nSPS) is 12.3. The van der Waals surface area contributed by atoms with Gasteiger partial charge in [0.25, 0.3) is 0 Å². The molecule has 11 aromatic rings. The minimum absolute atomic E-state index is 0.339. The van der Waals surface area contributed by atoms with E-state index in [-0.39, 0.29) is 5.41 Å². The number of fused-ring (bicyclic) bond motifs is 5. The number of anilines is 12. The summed E-state index contributed by atoms with van der Waals surface area (Å²) in [5.41, 5.74) is 25.6. The molecule has 0 saturated carbocycles. The van der Waals surface area contributed by atoms with Gasteiger partial charge in [-0.25, -0.2) is 0 Å². The van der Waals surface area contributed by atoms with Crippen molar-refractivity contribution < 1.29 is 0 Å². The molecule has 11 aromatic carbocycles. The zero-order valence-electron chi connectivity index (χ0n) is 45.4. The van der Waals surface area contributed by atoms with E-state index in [1.165, 1.54) is 66.4 Å². The Morgan fingerprint density at radius 3 is 0.896 bits per heavy atom. The fraction of sp³-hybridized carbons (Fsp3) is 0.123. The first-order valence-corrected chi connectivity index (χ1v) is 26.9. The predicted molar refractivity (Wildman–Crippen MR) is 329 cm³/mol. The monoisotopic (exact) mass is 997 g/mol. The fourth-order valence-electron chi connectivity index (χ4n) is 11.7. The van der Waals surface area contributed by atoms with Gasteiger partial charge >= 0.3 is 0 Å². The largest absolute Gasteiger partial charge is 0.310 e. The van der Waals surface area contributed by atoms with E-state index in [0.29, 0.717) is 0 Å². The minimum atomic E-state index is -0.339. The molecule has 1 aliphatic carbocycles. The first-order valence-electron chi connectivity index (χ1n) is 26.9. The number of nitrogens with zero attached hydrogens (tertiary/aromatic N) is 4. The van der Waals surface area contributed by atoms with Gasteiger partial charge in [-0.15, -0.1) is 0 Å². The molecule has 0 bridgehead atoms. The van der Waals surface area contributed by atoms with Gasteiger partial charge in [0.2, 0.25) is 0 Å². The molecule has 1 aliphatic rings. The van der Waals surface area contributed by atoms with Crippen LogP contribution in [0, 0.1) is 41.5 Å². The zero-order chi connectivity index (χ0) is 53.0. The van der Waals surface area contributed by atoms with Crippen LogP contribution < -0.4 is 19.6 Å². The van der Waals surface area contributed by atoms with Crippen LogP contribution in [0.2, 0.25) is 0 Å². The van der Waals surface area contributed by atoms with Crippen molar-refractivity contribution in [3.63, 3.8) is 0 Å². The highest BCUT2D eigenvalue weighted by Crippen LogP contribution is 2.56. The Labute approximate surface area is 455 Å². The molecule has 0 aliphatic heterocycles. The lowest BCUT2D eigenvalue weighted by molar-refractivity contribution is 0.661. The van der Waals surface area contributed by atoms with E-state index in [0.717, 1.165) is 68.2 Å². The van der Waals surface area contributed by atoms with E-state index in [4.69, 9.17) is 0 Å². The van der Waals surface area contributed by atoms with Gasteiger partial charge in [0, 0.05) is 73.4 Å². The van der Waals surface area contributed by atoms with Crippen LogP contribution in [0.25, 0.3) is 21.9 Å². The molecule has 77 heavy (non-hydrogen) atoms. The summed E-state index contributed by atoms with van der Waals surface area (Å²) in [4.78, 5) is 9.61. The summed E-state index contributed by atoms with van der Waals surface area (Å²) < 4.78 is 0. The van der Waals surface area contributed by atoms with Crippen LogP contribution in [0.5, 0.6) is 0 Å².